The van der Waals surface area contributed by atoms with Gasteiger partial charge in [-0.25, -0.2) is 4.68 Å². The number of nitrogens with zero attached hydrogens (tertiary/aromatic N) is 2. The first kappa shape index (κ1) is 19.1. The van der Waals surface area contributed by atoms with Gasteiger partial charge in [0, 0.05) is 12.5 Å². The van der Waals surface area contributed by atoms with E-state index < -0.39 is 0 Å². The lowest BCUT2D eigenvalue weighted by molar-refractivity contribution is -0.148. The summed E-state index contributed by atoms with van der Waals surface area (Å²) in [6, 6.07) is 9.67. The van der Waals surface area contributed by atoms with Gasteiger partial charge < -0.3 is 10.1 Å². The number of nitrogens with one attached hydrogen (secondary N) is 1. The van der Waals surface area contributed by atoms with Crippen LogP contribution in [-0.2, 0) is 14.3 Å². The van der Waals surface area contributed by atoms with Crippen LogP contribution in [0.3, 0.4) is 0 Å². The predicted molar refractivity (Wildman–Crippen MR) is 104 cm³/mol. The number of aromatic nitrogens is 2. The quantitative estimate of drug-likeness (QED) is 0.783. The number of aryl methyl sites for hydroxylation is 2. The molecule has 1 aromatic carbocycles. The van der Waals surface area contributed by atoms with Gasteiger partial charge in [-0.05, 0) is 44.7 Å². The summed E-state index contributed by atoms with van der Waals surface area (Å²) >= 11 is 0. The van der Waals surface area contributed by atoms with Crippen LogP contribution in [0.15, 0.2) is 30.3 Å². The average Bonchev–Trinajstić information content (AvgIpc) is 3.01. The van der Waals surface area contributed by atoms with Crippen molar-refractivity contribution < 1.29 is 14.3 Å². The molecule has 6 heteroatoms. The van der Waals surface area contributed by atoms with E-state index in [-0.39, 0.29) is 18.5 Å². The number of anilines is 1. The second-order valence-corrected chi connectivity index (χ2v) is 7.34. The molecule has 1 N–H and O–H groups in total. The van der Waals surface area contributed by atoms with E-state index >= 15 is 0 Å². The van der Waals surface area contributed by atoms with Gasteiger partial charge in [0.1, 0.15) is 5.82 Å². The van der Waals surface area contributed by atoms with Crippen molar-refractivity contribution in [2.45, 2.75) is 52.4 Å². The lowest BCUT2D eigenvalue weighted by atomic mass is 9.87. The molecule has 0 unspecified atom stereocenters. The lowest BCUT2D eigenvalue weighted by Gasteiger charge is -2.20. The Morgan fingerprint density at radius 2 is 1.85 bits per heavy atom. The normalized spacial score (nSPS) is 14.7. The molecule has 2 aromatic rings. The van der Waals surface area contributed by atoms with Gasteiger partial charge >= 0.3 is 5.97 Å². The Morgan fingerprint density at radius 1 is 1.15 bits per heavy atom. The molecular formula is C21H27N3O3. The molecule has 1 heterocycles. The van der Waals surface area contributed by atoms with E-state index in [1.54, 1.807) is 10.7 Å². The highest BCUT2D eigenvalue weighted by Gasteiger charge is 2.19. The highest BCUT2D eigenvalue weighted by Crippen LogP contribution is 2.26. The van der Waals surface area contributed by atoms with E-state index in [1.165, 1.54) is 19.3 Å². The minimum atomic E-state index is -0.361. The second-order valence-electron chi connectivity index (χ2n) is 7.34. The van der Waals surface area contributed by atoms with Gasteiger partial charge in [0.15, 0.2) is 6.61 Å². The molecule has 0 atom stereocenters. The first-order valence-corrected chi connectivity index (χ1v) is 9.60. The van der Waals surface area contributed by atoms with Gasteiger partial charge in [-0.1, -0.05) is 37.0 Å². The van der Waals surface area contributed by atoms with Crippen LogP contribution in [0.2, 0.25) is 0 Å². The summed E-state index contributed by atoms with van der Waals surface area (Å²) in [6.45, 7) is 3.61. The van der Waals surface area contributed by atoms with Gasteiger partial charge in [-0.15, -0.1) is 0 Å². The zero-order valence-corrected chi connectivity index (χ0v) is 16.0. The van der Waals surface area contributed by atoms with Crippen molar-refractivity contribution in [2.24, 2.45) is 5.92 Å². The third-order valence-corrected chi connectivity index (χ3v) is 4.92. The number of esters is 1. The molecule has 1 fully saturated rings. The van der Waals surface area contributed by atoms with Crippen molar-refractivity contribution in [1.29, 1.82) is 0 Å². The van der Waals surface area contributed by atoms with Crippen LogP contribution in [0, 0.1) is 19.8 Å². The Labute approximate surface area is 159 Å². The molecule has 6 nitrogen and oxygen atoms in total. The summed E-state index contributed by atoms with van der Waals surface area (Å²) in [5.41, 5.74) is 2.80. The minimum Gasteiger partial charge on any atom is -0.456 e. The van der Waals surface area contributed by atoms with E-state index in [0.717, 1.165) is 29.8 Å². The topological polar surface area (TPSA) is 73.2 Å². The molecule has 0 bridgehead atoms. The largest absolute Gasteiger partial charge is 0.456 e. The van der Waals surface area contributed by atoms with Crippen molar-refractivity contribution in [3.05, 3.63) is 41.6 Å². The highest BCUT2D eigenvalue weighted by molar-refractivity contribution is 5.92. The minimum absolute atomic E-state index is 0.274. The number of amides is 1. The van der Waals surface area contributed by atoms with E-state index in [1.807, 2.05) is 38.1 Å². The van der Waals surface area contributed by atoms with Crippen LogP contribution in [-0.4, -0.2) is 28.3 Å². The Bertz CT molecular complexity index is 790. The van der Waals surface area contributed by atoms with Crippen LogP contribution in [0.1, 0.15) is 49.8 Å². The molecule has 1 aliphatic carbocycles. The molecular weight excluding hydrogens is 342 g/mol. The summed E-state index contributed by atoms with van der Waals surface area (Å²) in [7, 11) is 0. The average molecular weight is 369 g/mol. The Kier molecular flexibility index (Phi) is 6.27. The van der Waals surface area contributed by atoms with Gasteiger partial charge in [0.25, 0.3) is 5.91 Å². The molecule has 1 aliphatic rings. The van der Waals surface area contributed by atoms with E-state index in [0.29, 0.717) is 18.2 Å². The molecule has 0 aliphatic heterocycles. The van der Waals surface area contributed by atoms with Crippen LogP contribution in [0.4, 0.5) is 5.82 Å². The van der Waals surface area contributed by atoms with Crippen molar-refractivity contribution in [2.75, 3.05) is 11.9 Å². The summed E-state index contributed by atoms with van der Waals surface area (Å²) in [5.74, 6) is 0.310. The monoisotopic (exact) mass is 369 g/mol. The standard InChI is InChI=1S/C21H27N3O3/c1-15-8-10-18(11-9-15)24-19(12-16(2)23-24)22-20(25)14-27-21(26)13-17-6-4-3-5-7-17/h8-12,17H,3-7,13-14H2,1-2H3,(H,22,25). The lowest BCUT2D eigenvalue weighted by Crippen LogP contribution is -2.23. The predicted octanol–water partition coefficient (Wildman–Crippen LogP) is 3.94. The zero-order valence-electron chi connectivity index (χ0n) is 16.0. The van der Waals surface area contributed by atoms with E-state index in [4.69, 9.17) is 4.74 Å². The molecule has 1 amide bonds. The molecule has 1 saturated carbocycles. The van der Waals surface area contributed by atoms with Crippen LogP contribution in [0.5, 0.6) is 0 Å². The number of carbonyl (C=O) groups is 2. The number of benzene rings is 1. The number of hydrogen-bond acceptors (Lipinski definition) is 4. The van der Waals surface area contributed by atoms with Crippen molar-refractivity contribution in [3.8, 4) is 5.69 Å². The zero-order chi connectivity index (χ0) is 19.2. The van der Waals surface area contributed by atoms with Gasteiger partial charge in [0.05, 0.1) is 11.4 Å². The maximum absolute atomic E-state index is 12.2. The van der Waals surface area contributed by atoms with E-state index in [2.05, 4.69) is 10.4 Å². The number of hydrogen-bond donors (Lipinski definition) is 1. The molecule has 27 heavy (non-hydrogen) atoms. The fourth-order valence-electron chi connectivity index (χ4n) is 3.48. The van der Waals surface area contributed by atoms with Crippen LogP contribution < -0.4 is 5.32 Å². The first-order valence-electron chi connectivity index (χ1n) is 9.60. The Hall–Kier alpha value is -2.63. The summed E-state index contributed by atoms with van der Waals surface area (Å²) in [4.78, 5) is 24.2. The van der Waals surface area contributed by atoms with Crippen LogP contribution >= 0.6 is 0 Å². The fourth-order valence-corrected chi connectivity index (χ4v) is 3.48. The SMILES string of the molecule is Cc1ccc(-n2nc(C)cc2NC(=O)COC(=O)CC2CCCCC2)cc1. The molecule has 3 rings (SSSR count). The summed E-state index contributed by atoms with van der Waals surface area (Å²) in [6.07, 6.45) is 6.18. The molecule has 0 saturated heterocycles. The third-order valence-electron chi connectivity index (χ3n) is 4.92. The van der Waals surface area contributed by atoms with Gasteiger partial charge in [-0.3, -0.25) is 9.59 Å². The number of ether oxygens (including phenoxy) is 1. The molecule has 144 valence electrons. The van der Waals surface area contributed by atoms with Crippen molar-refractivity contribution in [1.82, 2.24) is 9.78 Å². The Balaban J connectivity index is 1.55. The Morgan fingerprint density at radius 3 is 2.56 bits per heavy atom. The maximum atomic E-state index is 12.2. The maximum Gasteiger partial charge on any atom is 0.306 e. The second kappa shape index (κ2) is 8.84. The smallest absolute Gasteiger partial charge is 0.306 e. The fraction of sp³-hybridized carbons (Fsp3) is 0.476. The first-order chi connectivity index (χ1) is 13.0. The van der Waals surface area contributed by atoms with E-state index in [9.17, 15) is 9.59 Å². The molecule has 0 radical (unpaired) electrons. The van der Waals surface area contributed by atoms with Crippen molar-refractivity contribution in [3.63, 3.8) is 0 Å². The molecule has 1 aromatic heterocycles. The van der Waals surface area contributed by atoms with Crippen LogP contribution in [0.25, 0.3) is 5.69 Å². The van der Waals surface area contributed by atoms with Crippen molar-refractivity contribution >= 4 is 17.7 Å². The third kappa shape index (κ3) is 5.42. The summed E-state index contributed by atoms with van der Waals surface area (Å²) < 4.78 is 6.84. The summed E-state index contributed by atoms with van der Waals surface area (Å²) in [5, 5.41) is 7.22. The van der Waals surface area contributed by atoms with Gasteiger partial charge in [-0.2, -0.15) is 5.10 Å². The highest BCUT2D eigenvalue weighted by atomic mass is 16.5. The molecule has 0 spiro atoms. The number of carbonyl (C=O) groups excluding carboxylic acids is 2. The van der Waals surface area contributed by atoms with Gasteiger partial charge in [0.2, 0.25) is 0 Å². The number of rotatable bonds is 6.